The average Bonchev–Trinajstić information content (AvgIpc) is 3.75. The first kappa shape index (κ1) is 22.6. The van der Waals surface area contributed by atoms with E-state index < -0.39 is 0 Å². The van der Waals surface area contributed by atoms with Crippen LogP contribution in [0.4, 0.5) is 0 Å². The molecule has 0 spiro atoms. The van der Waals surface area contributed by atoms with E-state index in [0.717, 1.165) is 33.4 Å². The van der Waals surface area contributed by atoms with Crippen molar-refractivity contribution < 1.29 is 0 Å². The van der Waals surface area contributed by atoms with Crippen LogP contribution in [-0.4, -0.2) is 43.8 Å². The molecule has 40 heavy (non-hydrogen) atoms. The second-order valence-corrected chi connectivity index (χ2v) is 9.62. The number of aromatic nitrogens is 9. The van der Waals surface area contributed by atoms with Crippen molar-refractivity contribution in [1.29, 1.82) is 0 Å². The van der Waals surface area contributed by atoms with Crippen LogP contribution in [0, 0.1) is 0 Å². The minimum Gasteiger partial charge on any atom is -0.189 e. The van der Waals surface area contributed by atoms with Gasteiger partial charge in [0.25, 0.3) is 17.3 Å². The number of rotatable bonds is 4. The van der Waals surface area contributed by atoms with E-state index in [1.807, 2.05) is 60.7 Å². The summed E-state index contributed by atoms with van der Waals surface area (Å²) in [5.74, 6) is 2.31. The Morgan fingerprint density at radius 2 is 0.800 bits per heavy atom. The van der Waals surface area contributed by atoms with Gasteiger partial charge in [-0.15, -0.1) is 15.3 Å². The summed E-state index contributed by atoms with van der Waals surface area (Å²) in [6.45, 7) is 0. The molecule has 0 saturated heterocycles. The number of nitrogens with zero attached hydrogens (tertiary/aromatic N) is 9. The SMILES string of the molecule is Clc1nc2n(n1)c1nc(-c3cccc(-c4ccccc4)c3)nn1c1nc(-c3cccc(-c4ccccc4)c3)nn21. The summed E-state index contributed by atoms with van der Waals surface area (Å²) >= 11 is 6.25. The molecule has 0 saturated carbocycles. The van der Waals surface area contributed by atoms with Gasteiger partial charge in [-0.25, -0.2) is 0 Å². The smallest absolute Gasteiger partial charge is 0.189 e. The van der Waals surface area contributed by atoms with Crippen LogP contribution in [0.2, 0.25) is 5.28 Å². The van der Waals surface area contributed by atoms with E-state index in [4.69, 9.17) is 31.8 Å². The molecule has 4 aromatic heterocycles. The second kappa shape index (κ2) is 8.82. The van der Waals surface area contributed by atoms with Crippen LogP contribution in [0.25, 0.3) is 62.4 Å². The van der Waals surface area contributed by atoms with Crippen molar-refractivity contribution in [2.24, 2.45) is 0 Å². The zero-order valence-electron chi connectivity index (χ0n) is 20.8. The fourth-order valence-corrected chi connectivity index (χ4v) is 5.03. The van der Waals surface area contributed by atoms with Crippen LogP contribution < -0.4 is 0 Å². The molecule has 4 heterocycles. The fraction of sp³-hybridized carbons (Fsp3) is 0. The molecule has 0 radical (unpaired) electrons. The van der Waals surface area contributed by atoms with Gasteiger partial charge in [0.2, 0.25) is 5.28 Å². The average molecular weight is 540 g/mol. The minimum atomic E-state index is 0.0770. The van der Waals surface area contributed by atoms with E-state index in [1.165, 1.54) is 4.52 Å². The van der Waals surface area contributed by atoms with E-state index in [0.29, 0.717) is 29.0 Å². The Balaban J connectivity index is 1.31. The normalized spacial score (nSPS) is 11.6. The molecule has 0 aliphatic rings. The molecule has 0 atom stereocenters. The first-order valence-corrected chi connectivity index (χ1v) is 13.0. The van der Waals surface area contributed by atoms with Crippen LogP contribution in [0.3, 0.4) is 0 Å². The van der Waals surface area contributed by atoms with Crippen molar-refractivity contribution in [2.75, 3.05) is 0 Å². The highest BCUT2D eigenvalue weighted by molar-refractivity contribution is 6.28. The lowest BCUT2D eigenvalue weighted by atomic mass is 10.0. The summed E-state index contributed by atoms with van der Waals surface area (Å²) in [5, 5.41) is 14.0. The van der Waals surface area contributed by atoms with Crippen molar-refractivity contribution in [1.82, 2.24) is 43.8 Å². The molecule has 4 aromatic carbocycles. The summed E-state index contributed by atoms with van der Waals surface area (Å²) in [6, 6.07) is 36.6. The molecule has 10 heteroatoms. The molecule has 8 rings (SSSR count). The topological polar surface area (TPSA) is 90.6 Å². The summed E-state index contributed by atoms with van der Waals surface area (Å²) in [6.07, 6.45) is 0. The summed E-state index contributed by atoms with van der Waals surface area (Å²) in [7, 11) is 0. The van der Waals surface area contributed by atoms with E-state index in [2.05, 4.69) is 58.6 Å². The maximum atomic E-state index is 6.25. The molecule has 0 fully saturated rings. The van der Waals surface area contributed by atoms with Gasteiger partial charge >= 0.3 is 0 Å². The third-order valence-electron chi connectivity index (χ3n) is 6.77. The van der Waals surface area contributed by atoms with Crippen molar-refractivity contribution >= 4 is 28.9 Å². The van der Waals surface area contributed by atoms with Crippen LogP contribution in [0.15, 0.2) is 109 Å². The third kappa shape index (κ3) is 3.63. The second-order valence-electron chi connectivity index (χ2n) is 9.28. The van der Waals surface area contributed by atoms with Crippen LogP contribution >= 0.6 is 11.6 Å². The number of benzene rings is 4. The Kier molecular flexibility index (Phi) is 4.98. The van der Waals surface area contributed by atoms with Crippen molar-refractivity contribution in [3.8, 4) is 45.0 Å². The van der Waals surface area contributed by atoms with Gasteiger partial charge in [-0.05, 0) is 46.0 Å². The van der Waals surface area contributed by atoms with Gasteiger partial charge in [0.05, 0.1) is 0 Å². The molecule has 190 valence electrons. The Morgan fingerprint density at radius 1 is 0.400 bits per heavy atom. The minimum absolute atomic E-state index is 0.0770. The zero-order valence-corrected chi connectivity index (χ0v) is 21.6. The van der Waals surface area contributed by atoms with Gasteiger partial charge in [-0.3, -0.25) is 0 Å². The lowest BCUT2D eigenvalue weighted by molar-refractivity contribution is 0.817. The molecular formula is C30H18ClN9. The van der Waals surface area contributed by atoms with E-state index in [9.17, 15) is 0 Å². The molecule has 0 unspecified atom stereocenters. The van der Waals surface area contributed by atoms with Crippen LogP contribution in [-0.2, 0) is 0 Å². The molecule has 0 aliphatic heterocycles. The van der Waals surface area contributed by atoms with Crippen LogP contribution in [0.5, 0.6) is 0 Å². The third-order valence-corrected chi connectivity index (χ3v) is 6.93. The number of halogens is 1. The Morgan fingerprint density at radius 3 is 1.30 bits per heavy atom. The largest absolute Gasteiger partial charge is 0.261 e. The van der Waals surface area contributed by atoms with E-state index in [1.54, 1.807) is 9.03 Å². The summed E-state index contributed by atoms with van der Waals surface area (Å²) < 4.78 is 4.75. The molecule has 8 aromatic rings. The first-order chi connectivity index (χ1) is 19.7. The lowest BCUT2D eigenvalue weighted by Gasteiger charge is -2.03. The summed E-state index contributed by atoms with van der Waals surface area (Å²) in [5.41, 5.74) is 6.08. The molecule has 0 aliphatic carbocycles. The quantitative estimate of drug-likeness (QED) is 0.267. The van der Waals surface area contributed by atoms with E-state index >= 15 is 0 Å². The van der Waals surface area contributed by atoms with Gasteiger partial charge in [0, 0.05) is 11.1 Å². The van der Waals surface area contributed by atoms with E-state index in [-0.39, 0.29) is 5.28 Å². The van der Waals surface area contributed by atoms with Gasteiger partial charge in [-0.1, -0.05) is 97.1 Å². The standard InChI is InChI=1S/C30H18ClN9/c31-27-34-30-39-28(32-25(36-39)23-15-7-13-21(17-23)19-9-3-1-4-10-19)38-29(40(30)37-27)33-26(35-38)24-16-8-14-22(18-24)20-11-5-2-6-12-20/h1-18H. The molecule has 0 N–H and O–H groups in total. The monoisotopic (exact) mass is 539 g/mol. The maximum absolute atomic E-state index is 6.25. The highest BCUT2D eigenvalue weighted by Gasteiger charge is 2.21. The van der Waals surface area contributed by atoms with Gasteiger partial charge < -0.3 is 0 Å². The van der Waals surface area contributed by atoms with Crippen LogP contribution in [0.1, 0.15) is 0 Å². The lowest BCUT2D eigenvalue weighted by Crippen LogP contribution is -2.06. The van der Waals surface area contributed by atoms with Crippen molar-refractivity contribution in [2.45, 2.75) is 0 Å². The highest BCUT2D eigenvalue weighted by Crippen LogP contribution is 2.28. The zero-order chi connectivity index (χ0) is 26.6. The van der Waals surface area contributed by atoms with Gasteiger partial charge in [0.1, 0.15) is 0 Å². The Bertz CT molecular complexity index is 2030. The molecule has 0 bridgehead atoms. The van der Waals surface area contributed by atoms with Crippen molar-refractivity contribution in [3.05, 3.63) is 114 Å². The molecular weight excluding hydrogens is 522 g/mol. The first-order valence-electron chi connectivity index (χ1n) is 12.6. The maximum Gasteiger partial charge on any atom is 0.261 e. The highest BCUT2D eigenvalue weighted by atomic mass is 35.5. The summed E-state index contributed by atoms with van der Waals surface area (Å²) in [4.78, 5) is 14.1. The van der Waals surface area contributed by atoms with Gasteiger partial charge in [-0.2, -0.15) is 28.5 Å². The number of hydrogen-bond donors (Lipinski definition) is 0. The van der Waals surface area contributed by atoms with Crippen molar-refractivity contribution in [3.63, 3.8) is 0 Å². The molecule has 9 nitrogen and oxygen atoms in total. The Hall–Kier alpha value is -5.41. The van der Waals surface area contributed by atoms with Gasteiger partial charge in [0.15, 0.2) is 11.6 Å². The predicted octanol–water partition coefficient (Wildman–Crippen LogP) is 6.14. The predicted molar refractivity (Wildman–Crippen MR) is 153 cm³/mol. The molecule has 0 amide bonds. The Labute approximate surface area is 232 Å². The fourth-order valence-electron chi connectivity index (χ4n) is 4.88. The number of hydrogen-bond acceptors (Lipinski definition) is 6. The number of fused-ring (bicyclic) bond motifs is 6.